The van der Waals surface area contributed by atoms with E-state index in [2.05, 4.69) is 144 Å². The number of nitrogens with zero attached hydrogens (tertiary/aromatic N) is 3. The average Bonchev–Trinajstić information content (AvgIpc) is 3.69. The first-order valence-electron chi connectivity index (χ1n) is 15.0. The van der Waals surface area contributed by atoms with E-state index < -0.39 is 0 Å². The molecule has 0 aliphatic carbocycles. The Kier molecular flexibility index (Phi) is 5.56. The second-order valence-corrected chi connectivity index (χ2v) is 11.4. The molecule has 6 heterocycles. The molecule has 3 aromatic carbocycles. The number of aromatic nitrogens is 3. The number of benzene rings is 3. The van der Waals surface area contributed by atoms with Gasteiger partial charge in [-0.15, -0.1) is 0 Å². The second-order valence-electron chi connectivity index (χ2n) is 11.4. The normalized spacial score (nSPS) is 20.3. The zero-order chi connectivity index (χ0) is 29.0. The predicted molar refractivity (Wildman–Crippen MR) is 179 cm³/mol. The van der Waals surface area contributed by atoms with Crippen molar-refractivity contribution in [2.24, 2.45) is 4.99 Å². The van der Waals surface area contributed by atoms with Crippen LogP contribution in [0, 0.1) is 0 Å². The Bertz CT molecular complexity index is 2350. The van der Waals surface area contributed by atoms with Gasteiger partial charge in [-0.2, -0.15) is 0 Å². The molecule has 10 bridgehead atoms. The zero-order valence-corrected chi connectivity index (χ0v) is 23.8. The van der Waals surface area contributed by atoms with Crippen molar-refractivity contribution >= 4 is 52.2 Å². The molecule has 1 atom stereocenters. The largest absolute Gasteiger partial charge is 0.377 e. The molecule has 0 radical (unpaired) electrons. The van der Waals surface area contributed by atoms with Gasteiger partial charge >= 0.3 is 0 Å². The van der Waals surface area contributed by atoms with Crippen LogP contribution in [-0.4, -0.2) is 20.7 Å². The highest BCUT2D eigenvalue weighted by molar-refractivity contribution is 6.28. The fraction of sp³-hybridized carbons (Fsp3) is 0.0513. The number of fused-ring (bicyclic) bond motifs is 18. The van der Waals surface area contributed by atoms with Crippen LogP contribution in [-0.2, 0) is 6.42 Å². The zero-order valence-electron chi connectivity index (χ0n) is 23.8. The molecule has 5 nitrogen and oxygen atoms in total. The second kappa shape index (κ2) is 9.89. The Morgan fingerprint density at radius 3 is 2.05 bits per heavy atom. The Labute approximate surface area is 254 Å². The molecule has 208 valence electrons. The van der Waals surface area contributed by atoms with E-state index in [4.69, 9.17) is 15.0 Å². The summed E-state index contributed by atoms with van der Waals surface area (Å²) < 4.78 is 0. The van der Waals surface area contributed by atoms with Crippen molar-refractivity contribution in [3.8, 4) is 0 Å². The minimum atomic E-state index is 0.114. The monoisotopic (exact) mass is 565 g/mol. The van der Waals surface area contributed by atoms with Crippen molar-refractivity contribution < 1.29 is 0 Å². The fourth-order valence-electron chi connectivity index (χ4n) is 6.63. The van der Waals surface area contributed by atoms with Gasteiger partial charge in [0.2, 0.25) is 0 Å². The Morgan fingerprint density at radius 1 is 0.545 bits per heavy atom. The molecule has 9 rings (SSSR count). The lowest BCUT2D eigenvalue weighted by Crippen LogP contribution is -2.15. The van der Waals surface area contributed by atoms with Gasteiger partial charge in [-0.1, -0.05) is 84.9 Å². The third kappa shape index (κ3) is 4.21. The first-order valence-corrected chi connectivity index (χ1v) is 15.0. The van der Waals surface area contributed by atoms with Crippen molar-refractivity contribution in [3.63, 3.8) is 0 Å². The van der Waals surface area contributed by atoms with Crippen LogP contribution < -0.4 is 16.0 Å². The molecule has 2 N–H and O–H groups in total. The number of hydrogen-bond donors (Lipinski definition) is 2. The van der Waals surface area contributed by atoms with Crippen LogP contribution in [0.2, 0.25) is 0 Å². The van der Waals surface area contributed by atoms with Crippen LogP contribution in [0.3, 0.4) is 0 Å². The maximum atomic E-state index is 5.15. The number of aliphatic imine (C=N–C) groups is 1. The quantitative estimate of drug-likeness (QED) is 0.228. The summed E-state index contributed by atoms with van der Waals surface area (Å²) in [6.45, 7) is 0. The molecule has 0 fully saturated rings. The van der Waals surface area contributed by atoms with Gasteiger partial charge in [0.05, 0.1) is 34.5 Å². The van der Waals surface area contributed by atoms with Crippen LogP contribution in [0.15, 0.2) is 114 Å². The van der Waals surface area contributed by atoms with Gasteiger partial charge in [-0.05, 0) is 54.1 Å². The first-order chi connectivity index (χ1) is 21.7. The molecular weight excluding hydrogens is 538 g/mol. The maximum Gasteiger partial charge on any atom is 0.0737 e. The number of aromatic amines is 1. The maximum absolute atomic E-state index is 5.15. The first kappa shape index (κ1) is 24.8. The molecule has 3 aliphatic rings. The van der Waals surface area contributed by atoms with E-state index in [1.54, 1.807) is 0 Å². The summed E-state index contributed by atoms with van der Waals surface area (Å²) >= 11 is 0. The molecule has 6 aromatic rings. The van der Waals surface area contributed by atoms with Crippen LogP contribution >= 0.6 is 0 Å². The molecule has 0 amide bonds. The van der Waals surface area contributed by atoms with Gasteiger partial charge in [-0.3, -0.25) is 4.98 Å². The summed E-state index contributed by atoms with van der Waals surface area (Å²) in [5.41, 5.74) is 11.4. The average molecular weight is 566 g/mol. The third-order valence-electron chi connectivity index (χ3n) is 8.64. The third-order valence-corrected chi connectivity index (χ3v) is 8.64. The van der Waals surface area contributed by atoms with E-state index >= 15 is 0 Å². The van der Waals surface area contributed by atoms with E-state index in [1.807, 2.05) is 0 Å². The van der Waals surface area contributed by atoms with Crippen LogP contribution in [0.5, 0.6) is 0 Å². The standard InChI is InChI=1S/C39H27N5/c1-2-14-29-28(13-1)34-19-24-9-7-11-26(40-24)21-36-30-15-3-5-17-32(30)38(43-36)23-39-33-18-6-4-16-31(33)37(44-39)22-27-12-8-10-25(41-27)20-35(29)42-34/h1-19,21-23,35,42-43H,20H2/b34-19-,36-21-,37-22-,38-23-. The van der Waals surface area contributed by atoms with Crippen molar-refractivity contribution in [2.45, 2.75) is 12.5 Å². The lowest BCUT2D eigenvalue weighted by molar-refractivity contribution is 0.648. The molecule has 3 aliphatic heterocycles. The highest BCUT2D eigenvalue weighted by Crippen LogP contribution is 2.35. The van der Waals surface area contributed by atoms with Gasteiger partial charge in [0.15, 0.2) is 0 Å². The van der Waals surface area contributed by atoms with Crippen LogP contribution in [0.4, 0.5) is 0 Å². The van der Waals surface area contributed by atoms with Crippen molar-refractivity contribution in [1.29, 1.82) is 0 Å². The molecule has 5 heteroatoms. The van der Waals surface area contributed by atoms with Crippen molar-refractivity contribution in [1.82, 2.24) is 20.3 Å². The molecule has 0 saturated carbocycles. The predicted octanol–water partition coefficient (Wildman–Crippen LogP) is 6.27. The number of pyridine rings is 2. The van der Waals surface area contributed by atoms with Crippen LogP contribution in [0.25, 0.3) is 46.5 Å². The summed E-state index contributed by atoms with van der Waals surface area (Å²) in [5, 5.41) is 8.12. The fourth-order valence-corrected chi connectivity index (χ4v) is 6.63. The molecule has 0 saturated heterocycles. The lowest BCUT2D eigenvalue weighted by atomic mass is 10.00. The minimum absolute atomic E-state index is 0.114. The number of hydrogen-bond acceptors (Lipinski definition) is 4. The van der Waals surface area contributed by atoms with Gasteiger partial charge in [0, 0.05) is 56.0 Å². The smallest absolute Gasteiger partial charge is 0.0737 e. The number of H-pyrrole nitrogens is 1. The highest BCUT2D eigenvalue weighted by atomic mass is 15.0. The summed E-state index contributed by atoms with van der Waals surface area (Å²) in [7, 11) is 0. The SMILES string of the molecule is C1=C2N=C(/C=c3\[nH]/c(c4ccccc34)=C\c3cccc(n3)/C=C3\NC(Cc4cccc/1n4)c1ccccc13)c1ccccc1\2. The topological polar surface area (TPSA) is 66.0 Å². The van der Waals surface area contributed by atoms with Crippen molar-refractivity contribution in [3.05, 3.63) is 165 Å². The van der Waals surface area contributed by atoms with Gasteiger partial charge in [0.25, 0.3) is 0 Å². The molecule has 44 heavy (non-hydrogen) atoms. The Hall–Kier alpha value is -5.81. The summed E-state index contributed by atoms with van der Waals surface area (Å²) in [5.74, 6) is 0. The van der Waals surface area contributed by atoms with E-state index in [0.29, 0.717) is 0 Å². The van der Waals surface area contributed by atoms with E-state index in [-0.39, 0.29) is 6.04 Å². The van der Waals surface area contributed by atoms with E-state index in [9.17, 15) is 0 Å². The molecule has 1 unspecified atom stereocenters. The van der Waals surface area contributed by atoms with Gasteiger partial charge in [0.1, 0.15) is 0 Å². The van der Waals surface area contributed by atoms with E-state index in [1.165, 1.54) is 11.1 Å². The van der Waals surface area contributed by atoms with E-state index in [0.717, 1.165) is 78.9 Å². The number of rotatable bonds is 0. The Morgan fingerprint density at radius 2 is 1.20 bits per heavy atom. The number of nitrogens with one attached hydrogen (secondary N) is 2. The molecule has 3 aromatic heterocycles. The summed E-state index contributed by atoms with van der Waals surface area (Å²) in [4.78, 5) is 18.9. The van der Waals surface area contributed by atoms with Gasteiger partial charge < -0.3 is 10.3 Å². The molecular formula is C39H27N5. The Balaban J connectivity index is 1.31. The summed E-state index contributed by atoms with van der Waals surface area (Å²) in [6.07, 6.45) is 9.32. The minimum Gasteiger partial charge on any atom is -0.377 e. The molecule has 0 spiro atoms. The van der Waals surface area contributed by atoms with Gasteiger partial charge in [-0.25, -0.2) is 9.98 Å². The summed E-state index contributed by atoms with van der Waals surface area (Å²) in [6, 6.07) is 38.1. The van der Waals surface area contributed by atoms with Crippen LogP contribution in [0.1, 0.15) is 51.1 Å². The highest BCUT2D eigenvalue weighted by Gasteiger charge is 2.26. The lowest BCUT2D eigenvalue weighted by Gasteiger charge is -2.13. The van der Waals surface area contributed by atoms with Crippen molar-refractivity contribution in [2.75, 3.05) is 0 Å².